The highest BCUT2D eigenvalue weighted by molar-refractivity contribution is 7.89. The largest absolute Gasteiger partial charge is 0.493 e. The zero-order valence-electron chi connectivity index (χ0n) is 13.4. The molecule has 1 aromatic rings. The number of hydrogen-bond donors (Lipinski definition) is 1. The van der Waals surface area contributed by atoms with Crippen molar-refractivity contribution in [1.29, 1.82) is 0 Å². The lowest BCUT2D eigenvalue weighted by Gasteiger charge is -2.17. The second-order valence-corrected chi connectivity index (χ2v) is 7.85. The van der Waals surface area contributed by atoms with Crippen LogP contribution in [0.25, 0.3) is 0 Å². The van der Waals surface area contributed by atoms with E-state index >= 15 is 0 Å². The first-order chi connectivity index (χ1) is 9.69. The molecule has 0 aliphatic rings. The summed E-state index contributed by atoms with van der Waals surface area (Å²) in [6.45, 7) is 6.83. The SMILES string of the molecule is COc1ccc(S(=O)(=O)NCCCC(C)(C)C)cc1OC. The van der Waals surface area contributed by atoms with Crippen LogP contribution in [-0.4, -0.2) is 29.2 Å². The van der Waals surface area contributed by atoms with Crippen molar-refractivity contribution in [3.8, 4) is 11.5 Å². The molecular formula is C15H25NO4S. The van der Waals surface area contributed by atoms with Gasteiger partial charge in [-0.05, 0) is 30.4 Å². The molecule has 0 aromatic heterocycles. The molecule has 0 heterocycles. The Hall–Kier alpha value is -1.27. The third-order valence-corrected chi connectivity index (χ3v) is 4.52. The summed E-state index contributed by atoms with van der Waals surface area (Å²) in [5, 5.41) is 0. The minimum Gasteiger partial charge on any atom is -0.493 e. The zero-order valence-corrected chi connectivity index (χ0v) is 14.2. The van der Waals surface area contributed by atoms with Crippen molar-refractivity contribution in [2.24, 2.45) is 5.41 Å². The second-order valence-electron chi connectivity index (χ2n) is 6.08. The molecule has 0 saturated carbocycles. The highest BCUT2D eigenvalue weighted by Gasteiger charge is 2.17. The molecule has 6 heteroatoms. The normalized spacial score (nSPS) is 12.2. The first-order valence-electron chi connectivity index (χ1n) is 6.91. The molecule has 1 rings (SSSR count). The predicted octanol–water partition coefficient (Wildman–Crippen LogP) is 2.81. The number of benzene rings is 1. The van der Waals surface area contributed by atoms with Gasteiger partial charge < -0.3 is 9.47 Å². The molecule has 0 spiro atoms. The zero-order chi connectivity index (χ0) is 16.1. The molecule has 5 nitrogen and oxygen atoms in total. The van der Waals surface area contributed by atoms with E-state index < -0.39 is 10.0 Å². The lowest BCUT2D eigenvalue weighted by Crippen LogP contribution is -2.25. The van der Waals surface area contributed by atoms with Crippen LogP contribution in [0.3, 0.4) is 0 Å². The summed E-state index contributed by atoms with van der Waals surface area (Å²) in [6, 6.07) is 4.56. The topological polar surface area (TPSA) is 64.6 Å². The van der Waals surface area contributed by atoms with E-state index in [1.54, 1.807) is 6.07 Å². The van der Waals surface area contributed by atoms with Gasteiger partial charge in [0.15, 0.2) is 11.5 Å². The first kappa shape index (κ1) is 17.8. The van der Waals surface area contributed by atoms with Gasteiger partial charge in [-0.3, -0.25) is 0 Å². The maximum Gasteiger partial charge on any atom is 0.240 e. The maximum atomic E-state index is 12.2. The molecule has 0 bridgehead atoms. The molecule has 1 aromatic carbocycles. The molecule has 120 valence electrons. The Morgan fingerprint density at radius 3 is 2.24 bits per heavy atom. The summed E-state index contributed by atoms with van der Waals surface area (Å²) in [6.07, 6.45) is 1.76. The highest BCUT2D eigenvalue weighted by atomic mass is 32.2. The summed E-state index contributed by atoms with van der Waals surface area (Å²) < 4.78 is 37.3. The molecule has 0 radical (unpaired) electrons. The quantitative estimate of drug-likeness (QED) is 0.786. The van der Waals surface area contributed by atoms with Gasteiger partial charge in [0.05, 0.1) is 19.1 Å². The van der Waals surface area contributed by atoms with Crippen molar-refractivity contribution in [3.05, 3.63) is 18.2 Å². The van der Waals surface area contributed by atoms with Gasteiger partial charge in [0, 0.05) is 12.6 Å². The van der Waals surface area contributed by atoms with Crippen LogP contribution >= 0.6 is 0 Å². The van der Waals surface area contributed by atoms with Crippen molar-refractivity contribution >= 4 is 10.0 Å². The molecule has 1 N–H and O–H groups in total. The summed E-state index contributed by atoms with van der Waals surface area (Å²) in [4.78, 5) is 0.177. The van der Waals surface area contributed by atoms with Gasteiger partial charge in [0.25, 0.3) is 0 Å². The third kappa shape index (κ3) is 5.55. The van der Waals surface area contributed by atoms with E-state index in [0.717, 1.165) is 12.8 Å². The maximum absolute atomic E-state index is 12.2. The van der Waals surface area contributed by atoms with E-state index in [1.807, 2.05) is 0 Å². The molecule has 0 atom stereocenters. The average molecular weight is 315 g/mol. The molecule has 0 unspecified atom stereocenters. The van der Waals surface area contributed by atoms with Crippen LogP contribution in [-0.2, 0) is 10.0 Å². The fourth-order valence-electron chi connectivity index (χ4n) is 1.89. The average Bonchev–Trinajstić information content (AvgIpc) is 2.41. The fourth-order valence-corrected chi connectivity index (χ4v) is 2.98. The minimum absolute atomic E-state index is 0.177. The van der Waals surface area contributed by atoms with Crippen molar-refractivity contribution in [1.82, 2.24) is 4.72 Å². The summed E-state index contributed by atoms with van der Waals surface area (Å²) in [7, 11) is -0.533. The van der Waals surface area contributed by atoms with E-state index in [1.165, 1.54) is 26.4 Å². The fraction of sp³-hybridized carbons (Fsp3) is 0.600. The Kier molecular flexibility index (Phi) is 6.04. The van der Waals surface area contributed by atoms with Gasteiger partial charge in [-0.2, -0.15) is 0 Å². The van der Waals surface area contributed by atoms with Gasteiger partial charge in [0.1, 0.15) is 0 Å². The van der Waals surface area contributed by atoms with Crippen molar-refractivity contribution < 1.29 is 17.9 Å². The first-order valence-corrected chi connectivity index (χ1v) is 8.39. The van der Waals surface area contributed by atoms with Crippen LogP contribution in [0.5, 0.6) is 11.5 Å². The van der Waals surface area contributed by atoms with E-state index in [0.29, 0.717) is 18.0 Å². The van der Waals surface area contributed by atoms with E-state index in [9.17, 15) is 8.42 Å². The molecular weight excluding hydrogens is 290 g/mol. The monoisotopic (exact) mass is 315 g/mol. The van der Waals surface area contributed by atoms with Gasteiger partial charge in [-0.25, -0.2) is 13.1 Å². The summed E-state index contributed by atoms with van der Waals surface area (Å²) in [5.41, 5.74) is 0.203. The number of rotatable bonds is 7. The predicted molar refractivity (Wildman–Crippen MR) is 83.4 cm³/mol. The molecule has 21 heavy (non-hydrogen) atoms. The van der Waals surface area contributed by atoms with Crippen LogP contribution in [0.15, 0.2) is 23.1 Å². The van der Waals surface area contributed by atoms with Crippen LogP contribution < -0.4 is 14.2 Å². The van der Waals surface area contributed by atoms with Crippen molar-refractivity contribution in [2.75, 3.05) is 20.8 Å². The van der Waals surface area contributed by atoms with Crippen molar-refractivity contribution in [2.45, 2.75) is 38.5 Å². The lowest BCUT2D eigenvalue weighted by molar-refractivity contribution is 0.353. The number of ether oxygens (including phenoxy) is 2. The number of methoxy groups -OCH3 is 2. The lowest BCUT2D eigenvalue weighted by atomic mass is 9.91. The van der Waals surface area contributed by atoms with E-state index in [2.05, 4.69) is 25.5 Å². The summed E-state index contributed by atoms with van der Waals surface area (Å²) in [5.74, 6) is 0.902. The van der Waals surface area contributed by atoms with E-state index in [-0.39, 0.29) is 10.3 Å². The number of hydrogen-bond acceptors (Lipinski definition) is 4. The number of nitrogens with one attached hydrogen (secondary N) is 1. The standard InChI is InChI=1S/C15H25NO4S/c1-15(2,3)9-6-10-16-21(17,18)12-7-8-13(19-4)14(11-12)20-5/h7-8,11,16H,6,9-10H2,1-5H3. The second kappa shape index (κ2) is 7.13. The van der Waals surface area contributed by atoms with Gasteiger partial charge >= 0.3 is 0 Å². The highest BCUT2D eigenvalue weighted by Crippen LogP contribution is 2.29. The van der Waals surface area contributed by atoms with Crippen LogP contribution in [0, 0.1) is 5.41 Å². The minimum atomic E-state index is -3.52. The van der Waals surface area contributed by atoms with E-state index in [4.69, 9.17) is 9.47 Å². The summed E-state index contributed by atoms with van der Waals surface area (Å²) >= 11 is 0. The Bertz CT molecular complexity index is 562. The van der Waals surface area contributed by atoms with Crippen LogP contribution in [0.4, 0.5) is 0 Å². The van der Waals surface area contributed by atoms with Gasteiger partial charge in [-0.15, -0.1) is 0 Å². The Morgan fingerprint density at radius 1 is 1.10 bits per heavy atom. The molecule has 0 fully saturated rings. The van der Waals surface area contributed by atoms with Gasteiger partial charge in [0.2, 0.25) is 10.0 Å². The van der Waals surface area contributed by atoms with Crippen LogP contribution in [0.1, 0.15) is 33.6 Å². The number of sulfonamides is 1. The Balaban J connectivity index is 2.74. The molecule has 0 aliphatic heterocycles. The van der Waals surface area contributed by atoms with Crippen molar-refractivity contribution in [3.63, 3.8) is 0 Å². The smallest absolute Gasteiger partial charge is 0.240 e. The van der Waals surface area contributed by atoms with Gasteiger partial charge in [-0.1, -0.05) is 20.8 Å². The molecule has 0 amide bonds. The molecule has 0 aliphatic carbocycles. The Morgan fingerprint density at radius 2 is 1.71 bits per heavy atom. The third-order valence-electron chi connectivity index (χ3n) is 3.06. The molecule has 0 saturated heterocycles. The van der Waals surface area contributed by atoms with Crippen LogP contribution in [0.2, 0.25) is 0 Å². The Labute approximate surface area is 127 Å².